The molecule has 1 heterocycles. The van der Waals surface area contributed by atoms with Gasteiger partial charge in [-0.1, -0.05) is 0 Å². The lowest BCUT2D eigenvalue weighted by Crippen LogP contribution is -2.51. The van der Waals surface area contributed by atoms with Crippen molar-refractivity contribution in [3.8, 4) is 0 Å². The summed E-state index contributed by atoms with van der Waals surface area (Å²) >= 11 is 0. The highest BCUT2D eigenvalue weighted by Crippen LogP contribution is 2.26. The Hall–Kier alpha value is -0.650. The Morgan fingerprint density at radius 2 is 2.18 bits per heavy atom. The van der Waals surface area contributed by atoms with Gasteiger partial charge in [0.25, 0.3) is 0 Å². The maximum atomic E-state index is 12.0. The molecule has 1 rings (SSSR count). The number of aliphatic hydroxyl groups excluding tert-OH is 1. The van der Waals surface area contributed by atoms with Crippen LogP contribution in [0.25, 0.3) is 0 Å². The van der Waals surface area contributed by atoms with Gasteiger partial charge in [-0.25, -0.2) is 0 Å². The van der Waals surface area contributed by atoms with E-state index in [0.717, 1.165) is 0 Å². The lowest BCUT2D eigenvalue weighted by Gasteiger charge is -2.35. The highest BCUT2D eigenvalue weighted by atomic mass is 16.5. The van der Waals surface area contributed by atoms with E-state index in [0.29, 0.717) is 26.1 Å². The molecular formula is C12H24N2O3. The van der Waals surface area contributed by atoms with Gasteiger partial charge in [-0.2, -0.15) is 0 Å². The number of nitrogens with zero attached hydrogens (tertiary/aromatic N) is 1. The van der Waals surface area contributed by atoms with Crippen LogP contribution in [-0.2, 0) is 9.53 Å². The third-order valence-electron chi connectivity index (χ3n) is 3.05. The Morgan fingerprint density at radius 3 is 2.71 bits per heavy atom. The van der Waals surface area contributed by atoms with Crippen LogP contribution in [0.5, 0.6) is 0 Å². The molecule has 17 heavy (non-hydrogen) atoms. The maximum Gasteiger partial charge on any atom is 0.237 e. The van der Waals surface area contributed by atoms with Gasteiger partial charge in [-0.15, -0.1) is 0 Å². The molecule has 0 radical (unpaired) electrons. The number of rotatable bonds is 4. The van der Waals surface area contributed by atoms with E-state index in [9.17, 15) is 9.90 Å². The molecule has 5 nitrogen and oxygen atoms in total. The molecule has 2 N–H and O–H groups in total. The molecule has 0 aliphatic carbocycles. The van der Waals surface area contributed by atoms with Gasteiger partial charge in [0.2, 0.25) is 5.91 Å². The van der Waals surface area contributed by atoms with Crippen LogP contribution in [-0.4, -0.2) is 60.4 Å². The summed E-state index contributed by atoms with van der Waals surface area (Å²) in [6, 6.07) is -0.234. The van der Waals surface area contributed by atoms with Crippen molar-refractivity contribution in [2.24, 2.45) is 0 Å². The second kappa shape index (κ2) is 5.80. The Morgan fingerprint density at radius 1 is 1.53 bits per heavy atom. The molecule has 0 saturated carbocycles. The van der Waals surface area contributed by atoms with Crippen LogP contribution in [0.2, 0.25) is 0 Å². The average molecular weight is 244 g/mol. The Balaban J connectivity index is 2.58. The third-order valence-corrected chi connectivity index (χ3v) is 3.05. The zero-order valence-electron chi connectivity index (χ0n) is 11.2. The molecule has 1 saturated heterocycles. The predicted octanol–water partition coefficient (Wildman–Crippen LogP) is -0.0173. The molecule has 100 valence electrons. The standard InChI is InChI=1S/C12H24N2O3/c1-12(2,3)14-8-9(15)7-10(14)11(16)13-5-6-17-4/h9-10,15H,5-8H2,1-4H3,(H,13,16). The topological polar surface area (TPSA) is 61.8 Å². The van der Waals surface area contributed by atoms with Crippen LogP contribution in [0, 0.1) is 0 Å². The van der Waals surface area contributed by atoms with Crippen molar-refractivity contribution < 1.29 is 14.6 Å². The number of ether oxygens (including phenoxy) is 1. The SMILES string of the molecule is COCCNC(=O)C1CC(O)CN1C(C)(C)C. The van der Waals surface area contributed by atoms with E-state index in [4.69, 9.17) is 4.74 Å². The number of hydrogen-bond donors (Lipinski definition) is 2. The van der Waals surface area contributed by atoms with E-state index in [-0.39, 0.29) is 17.5 Å². The molecule has 0 spiro atoms. The highest BCUT2D eigenvalue weighted by molar-refractivity contribution is 5.82. The lowest BCUT2D eigenvalue weighted by atomic mass is 10.0. The van der Waals surface area contributed by atoms with Crippen molar-refractivity contribution in [1.82, 2.24) is 10.2 Å². The van der Waals surface area contributed by atoms with Crippen LogP contribution in [0.15, 0.2) is 0 Å². The minimum atomic E-state index is -0.410. The minimum absolute atomic E-state index is 0.0199. The van der Waals surface area contributed by atoms with Gasteiger partial charge in [0.15, 0.2) is 0 Å². The first-order chi connectivity index (χ1) is 7.86. The van der Waals surface area contributed by atoms with Gasteiger partial charge >= 0.3 is 0 Å². The van der Waals surface area contributed by atoms with Gasteiger partial charge in [0, 0.05) is 25.7 Å². The number of nitrogens with one attached hydrogen (secondary N) is 1. The predicted molar refractivity (Wildman–Crippen MR) is 65.8 cm³/mol. The van der Waals surface area contributed by atoms with Crippen molar-refractivity contribution in [2.45, 2.75) is 44.9 Å². The van der Waals surface area contributed by atoms with E-state index in [1.807, 2.05) is 0 Å². The fourth-order valence-corrected chi connectivity index (χ4v) is 2.20. The summed E-state index contributed by atoms with van der Waals surface area (Å²) in [6.45, 7) is 7.75. The first kappa shape index (κ1) is 14.4. The van der Waals surface area contributed by atoms with Crippen LogP contribution in [0.1, 0.15) is 27.2 Å². The second-order valence-electron chi connectivity index (χ2n) is 5.51. The van der Waals surface area contributed by atoms with Crippen LogP contribution in [0.3, 0.4) is 0 Å². The molecule has 0 bridgehead atoms. The number of amides is 1. The van der Waals surface area contributed by atoms with Crippen LogP contribution in [0.4, 0.5) is 0 Å². The van der Waals surface area contributed by atoms with Crippen molar-refractivity contribution in [2.75, 3.05) is 26.8 Å². The molecule has 1 fully saturated rings. The number of aliphatic hydroxyl groups is 1. The zero-order chi connectivity index (χ0) is 13.1. The van der Waals surface area contributed by atoms with Crippen molar-refractivity contribution in [3.63, 3.8) is 0 Å². The molecule has 1 aliphatic heterocycles. The van der Waals surface area contributed by atoms with E-state index in [1.54, 1.807) is 7.11 Å². The van der Waals surface area contributed by atoms with Gasteiger partial charge in [0.05, 0.1) is 18.8 Å². The number of hydrogen-bond acceptors (Lipinski definition) is 4. The number of likely N-dealkylation sites (tertiary alicyclic amines) is 1. The maximum absolute atomic E-state index is 12.0. The van der Waals surface area contributed by atoms with E-state index in [2.05, 4.69) is 31.0 Å². The van der Waals surface area contributed by atoms with Crippen molar-refractivity contribution in [1.29, 1.82) is 0 Å². The van der Waals surface area contributed by atoms with Gasteiger partial charge in [-0.05, 0) is 27.2 Å². The summed E-state index contributed by atoms with van der Waals surface area (Å²) < 4.78 is 4.89. The average Bonchev–Trinajstić information content (AvgIpc) is 2.60. The molecule has 2 unspecified atom stereocenters. The lowest BCUT2D eigenvalue weighted by molar-refractivity contribution is -0.127. The summed E-state index contributed by atoms with van der Waals surface area (Å²) in [7, 11) is 1.60. The molecule has 1 aliphatic rings. The Labute approximate surface area is 103 Å². The molecule has 5 heteroatoms. The minimum Gasteiger partial charge on any atom is -0.392 e. The number of methoxy groups -OCH3 is 1. The number of β-amino-alcohol motifs (C(OH)–C–C–N with tert-alkyl or cyclic N) is 1. The first-order valence-corrected chi connectivity index (χ1v) is 6.07. The van der Waals surface area contributed by atoms with E-state index >= 15 is 0 Å². The van der Waals surface area contributed by atoms with Crippen molar-refractivity contribution >= 4 is 5.91 Å². The highest BCUT2D eigenvalue weighted by Gasteiger charge is 2.41. The summed E-state index contributed by atoms with van der Waals surface area (Å²) in [4.78, 5) is 14.1. The van der Waals surface area contributed by atoms with Gasteiger partial charge in [0.1, 0.15) is 0 Å². The molecule has 1 amide bonds. The fraction of sp³-hybridized carbons (Fsp3) is 0.917. The van der Waals surface area contributed by atoms with Crippen molar-refractivity contribution in [3.05, 3.63) is 0 Å². The van der Waals surface area contributed by atoms with Gasteiger partial charge in [-0.3, -0.25) is 9.69 Å². The summed E-state index contributed by atoms with van der Waals surface area (Å²) in [5.74, 6) is -0.0199. The zero-order valence-corrected chi connectivity index (χ0v) is 11.2. The molecule has 2 atom stereocenters. The summed E-state index contributed by atoms with van der Waals surface area (Å²) in [5.41, 5.74) is -0.110. The second-order valence-corrected chi connectivity index (χ2v) is 5.51. The smallest absolute Gasteiger partial charge is 0.237 e. The Bertz CT molecular complexity index is 263. The molecule has 0 aromatic rings. The van der Waals surface area contributed by atoms with Crippen LogP contribution >= 0.6 is 0 Å². The monoisotopic (exact) mass is 244 g/mol. The molecular weight excluding hydrogens is 220 g/mol. The first-order valence-electron chi connectivity index (χ1n) is 6.07. The number of carbonyl (C=O) groups excluding carboxylic acids is 1. The van der Waals surface area contributed by atoms with E-state index < -0.39 is 6.10 Å². The molecule has 0 aromatic heterocycles. The Kier molecular flexibility index (Phi) is 4.91. The fourth-order valence-electron chi connectivity index (χ4n) is 2.20. The largest absolute Gasteiger partial charge is 0.392 e. The number of carbonyl (C=O) groups is 1. The van der Waals surface area contributed by atoms with Crippen LogP contribution < -0.4 is 5.32 Å². The normalized spacial score (nSPS) is 26.2. The third kappa shape index (κ3) is 3.94. The van der Waals surface area contributed by atoms with E-state index in [1.165, 1.54) is 0 Å². The molecule has 0 aromatic carbocycles. The van der Waals surface area contributed by atoms with Gasteiger partial charge < -0.3 is 15.2 Å². The summed E-state index contributed by atoms with van der Waals surface area (Å²) in [6.07, 6.45) is 0.100. The quantitative estimate of drug-likeness (QED) is 0.682. The summed E-state index contributed by atoms with van der Waals surface area (Å²) in [5, 5.41) is 12.5.